The van der Waals surface area contributed by atoms with Crippen LogP contribution in [0.3, 0.4) is 0 Å². The van der Waals surface area contributed by atoms with Crippen LogP contribution in [0.1, 0.15) is 18.2 Å². The minimum Gasteiger partial charge on any atom is -0.367 e. The van der Waals surface area contributed by atoms with E-state index >= 15 is 0 Å². The third-order valence-corrected chi connectivity index (χ3v) is 8.70. The van der Waals surface area contributed by atoms with E-state index in [1.54, 1.807) is 6.07 Å². The van der Waals surface area contributed by atoms with E-state index in [9.17, 15) is 10.5 Å². The number of nitrogens with one attached hydrogen (secondary N) is 2. The molecule has 0 saturated carbocycles. The van der Waals surface area contributed by atoms with E-state index in [4.69, 9.17) is 11.6 Å². The van der Waals surface area contributed by atoms with Crippen LogP contribution in [0.15, 0.2) is 18.3 Å². The SMILES string of the molecule is CCNc1nc(Nc2cc(C#N)cc(N3CP4CC3CN4C)c2Cl)nn2c(C#N)cnc12. The number of halogens is 1. The summed E-state index contributed by atoms with van der Waals surface area (Å²) in [5.74, 6) is 0.750. The monoisotopic (exact) mass is 466 g/mol. The number of likely N-dealkylation sites (N-methyl/N-ethyl adjacent to an activating group) is 1. The Bertz CT molecular complexity index is 1290. The molecule has 0 amide bonds. The standard InChI is InChI=1S/C20H20ClN10P/c1-3-24-18-19-25-8-13(7-23)31(19)28-20(27-18)26-15-4-12(6-22)5-16(17(15)21)30-11-32-10-14(30)9-29(32)2/h4-5,8,14H,3,9-11H2,1-2H3,(H2,24,26,27,28). The molecule has 10 nitrogen and oxygen atoms in total. The molecule has 2 unspecified atom stereocenters. The normalized spacial score (nSPS) is 19.8. The third kappa shape index (κ3) is 3.37. The van der Waals surface area contributed by atoms with E-state index in [2.05, 4.69) is 54.5 Å². The van der Waals surface area contributed by atoms with E-state index in [0.29, 0.717) is 46.0 Å². The number of aromatic nitrogens is 4. The van der Waals surface area contributed by atoms with Gasteiger partial charge in [0, 0.05) is 25.3 Å². The Hall–Kier alpha value is -3.17. The maximum atomic E-state index is 9.62. The Labute approximate surface area is 191 Å². The molecule has 2 aliphatic rings. The van der Waals surface area contributed by atoms with E-state index in [0.717, 1.165) is 24.7 Å². The summed E-state index contributed by atoms with van der Waals surface area (Å²) in [5.41, 5.74) is 2.66. The molecule has 12 heteroatoms. The van der Waals surface area contributed by atoms with Gasteiger partial charge >= 0.3 is 0 Å². The van der Waals surface area contributed by atoms with Crippen molar-refractivity contribution in [3.05, 3.63) is 34.6 Å². The fourth-order valence-corrected chi connectivity index (χ4v) is 7.01. The minimum absolute atomic E-state index is 0.182. The molecule has 2 aliphatic heterocycles. The van der Waals surface area contributed by atoms with Crippen LogP contribution in [-0.4, -0.2) is 62.9 Å². The molecule has 0 spiro atoms. The Balaban J connectivity index is 1.55. The number of nitriles is 2. The summed E-state index contributed by atoms with van der Waals surface area (Å²) in [7, 11) is 1.99. The molecule has 0 radical (unpaired) electrons. The second-order valence-corrected chi connectivity index (χ2v) is 10.4. The summed E-state index contributed by atoms with van der Waals surface area (Å²) >= 11 is 6.84. The van der Waals surface area contributed by atoms with Crippen LogP contribution in [0.4, 0.5) is 23.1 Å². The fourth-order valence-electron chi connectivity index (χ4n) is 4.18. The molecular formula is C20H20ClN10P. The Morgan fingerprint density at radius 1 is 1.31 bits per heavy atom. The average Bonchev–Trinajstić information content (AvgIpc) is 3.49. The maximum absolute atomic E-state index is 9.62. The molecule has 2 N–H and O–H groups in total. The van der Waals surface area contributed by atoms with Crippen LogP contribution in [0, 0.1) is 22.7 Å². The number of hydrogen-bond donors (Lipinski definition) is 2. The summed E-state index contributed by atoms with van der Waals surface area (Å²) in [5, 5.41) is 30.3. The van der Waals surface area contributed by atoms with Gasteiger partial charge in [0.1, 0.15) is 6.07 Å². The zero-order valence-corrected chi connectivity index (χ0v) is 19.2. The largest absolute Gasteiger partial charge is 0.367 e. The molecule has 2 bridgehead atoms. The number of hydrogen-bond acceptors (Lipinski definition) is 9. The van der Waals surface area contributed by atoms with E-state index in [1.807, 2.05) is 13.0 Å². The summed E-state index contributed by atoms with van der Waals surface area (Å²) in [6.45, 7) is 3.58. The Morgan fingerprint density at radius 2 is 2.16 bits per heavy atom. The van der Waals surface area contributed by atoms with Gasteiger partial charge in [-0.1, -0.05) is 11.6 Å². The Morgan fingerprint density at radius 3 is 2.81 bits per heavy atom. The molecule has 2 saturated heterocycles. The van der Waals surface area contributed by atoms with Crippen molar-refractivity contribution in [2.75, 3.05) is 48.1 Å². The number of benzene rings is 1. The average molecular weight is 467 g/mol. The van der Waals surface area contributed by atoms with Crippen molar-refractivity contribution in [1.82, 2.24) is 24.3 Å². The van der Waals surface area contributed by atoms with Crippen LogP contribution in [0.25, 0.3) is 5.65 Å². The van der Waals surface area contributed by atoms with Crippen molar-refractivity contribution < 1.29 is 0 Å². The number of anilines is 4. The molecule has 4 heterocycles. The quantitative estimate of drug-likeness (QED) is 0.546. The summed E-state index contributed by atoms with van der Waals surface area (Å²) < 4.78 is 3.87. The molecule has 162 valence electrons. The van der Waals surface area contributed by atoms with E-state index in [1.165, 1.54) is 10.7 Å². The lowest BCUT2D eigenvalue weighted by atomic mass is 10.1. The minimum atomic E-state index is -0.182. The molecule has 1 aromatic carbocycles. The van der Waals surface area contributed by atoms with Gasteiger partial charge in [0.05, 0.1) is 40.5 Å². The molecule has 5 rings (SSSR count). The second-order valence-electron chi connectivity index (χ2n) is 7.69. The van der Waals surface area contributed by atoms with Crippen LogP contribution in [0.5, 0.6) is 0 Å². The zero-order chi connectivity index (χ0) is 22.4. The summed E-state index contributed by atoms with van der Waals surface area (Å²) in [4.78, 5) is 11.1. The highest BCUT2D eigenvalue weighted by molar-refractivity contribution is 7.56. The van der Waals surface area contributed by atoms with Crippen molar-refractivity contribution in [3.8, 4) is 12.1 Å². The van der Waals surface area contributed by atoms with Crippen molar-refractivity contribution in [3.63, 3.8) is 0 Å². The third-order valence-electron chi connectivity index (χ3n) is 5.70. The van der Waals surface area contributed by atoms with Crippen LogP contribution in [-0.2, 0) is 0 Å². The van der Waals surface area contributed by atoms with E-state index in [-0.39, 0.29) is 14.0 Å². The van der Waals surface area contributed by atoms with Gasteiger partial charge in [0.25, 0.3) is 0 Å². The first-order valence-electron chi connectivity index (χ1n) is 10.2. The van der Waals surface area contributed by atoms with Crippen molar-refractivity contribution in [2.45, 2.75) is 13.0 Å². The van der Waals surface area contributed by atoms with Crippen molar-refractivity contribution >= 4 is 48.5 Å². The smallest absolute Gasteiger partial charge is 0.247 e. The van der Waals surface area contributed by atoms with E-state index < -0.39 is 0 Å². The van der Waals surface area contributed by atoms with Crippen LogP contribution >= 0.6 is 19.7 Å². The number of rotatable bonds is 5. The highest BCUT2D eigenvalue weighted by Gasteiger charge is 2.42. The molecule has 2 aromatic heterocycles. The molecule has 2 atom stereocenters. The second kappa shape index (κ2) is 8.07. The fraction of sp³-hybridized carbons (Fsp3) is 0.350. The molecule has 3 aromatic rings. The van der Waals surface area contributed by atoms with Crippen LogP contribution < -0.4 is 15.5 Å². The van der Waals surface area contributed by atoms with Gasteiger partial charge in [-0.15, -0.1) is 5.10 Å². The summed E-state index contributed by atoms with van der Waals surface area (Å²) in [6.07, 6.45) is 3.56. The van der Waals surface area contributed by atoms with Gasteiger partial charge < -0.3 is 15.5 Å². The first-order chi connectivity index (χ1) is 15.5. The zero-order valence-electron chi connectivity index (χ0n) is 17.5. The lowest BCUT2D eigenvalue weighted by Gasteiger charge is -2.34. The predicted molar refractivity (Wildman–Crippen MR) is 125 cm³/mol. The van der Waals surface area contributed by atoms with Crippen molar-refractivity contribution in [1.29, 1.82) is 10.5 Å². The Kier molecular flexibility index (Phi) is 5.22. The van der Waals surface area contributed by atoms with Gasteiger partial charge in [-0.05, 0) is 34.2 Å². The number of fused-ring (bicyclic) bond motifs is 3. The van der Waals surface area contributed by atoms with Gasteiger partial charge in [0.15, 0.2) is 17.2 Å². The van der Waals surface area contributed by atoms with Gasteiger partial charge in [-0.2, -0.15) is 20.0 Å². The van der Waals surface area contributed by atoms with Gasteiger partial charge in [0.2, 0.25) is 5.95 Å². The number of imidazole rings is 1. The topological polar surface area (TPSA) is 121 Å². The van der Waals surface area contributed by atoms with Gasteiger partial charge in [-0.3, -0.25) is 4.67 Å². The molecule has 32 heavy (non-hydrogen) atoms. The lowest BCUT2D eigenvalue weighted by molar-refractivity contribution is 0.508. The first-order valence-corrected chi connectivity index (χ1v) is 12.2. The summed E-state index contributed by atoms with van der Waals surface area (Å²) in [6, 6.07) is 8.26. The highest BCUT2D eigenvalue weighted by Crippen LogP contribution is 2.55. The van der Waals surface area contributed by atoms with Crippen molar-refractivity contribution in [2.24, 2.45) is 0 Å². The maximum Gasteiger partial charge on any atom is 0.247 e. The molecule has 2 fully saturated rings. The molecule has 0 aliphatic carbocycles. The lowest BCUT2D eigenvalue weighted by Crippen LogP contribution is -2.39. The van der Waals surface area contributed by atoms with Crippen LogP contribution in [0.2, 0.25) is 5.02 Å². The predicted octanol–water partition coefficient (Wildman–Crippen LogP) is 3.18. The first kappa shape index (κ1) is 20.7. The highest BCUT2D eigenvalue weighted by atomic mass is 35.5. The van der Waals surface area contributed by atoms with Gasteiger partial charge in [-0.25, -0.2) is 4.98 Å². The number of nitrogens with zero attached hydrogens (tertiary/aromatic N) is 8. The molecular weight excluding hydrogens is 447 g/mol.